The third kappa shape index (κ3) is 5.14. The Balaban J connectivity index is 2.11. The van der Waals surface area contributed by atoms with Gasteiger partial charge in [0.2, 0.25) is 0 Å². The van der Waals surface area contributed by atoms with Crippen LogP contribution in [0.25, 0.3) is 0 Å². The molecule has 1 aromatic carbocycles. The molecule has 3 heteroatoms. The van der Waals surface area contributed by atoms with Crippen molar-refractivity contribution in [1.29, 1.82) is 0 Å². The minimum atomic E-state index is 0.669. The van der Waals surface area contributed by atoms with E-state index in [1.165, 1.54) is 31.2 Å². The molecule has 1 N–H and O–H groups in total. The lowest BCUT2D eigenvalue weighted by atomic mass is 10.1. The first-order chi connectivity index (χ1) is 11.3. The Hall–Kier alpha value is -1.74. The minimum Gasteiger partial charge on any atom is -0.492 e. The van der Waals surface area contributed by atoms with Gasteiger partial charge in [0.05, 0.1) is 12.3 Å². The maximum Gasteiger partial charge on any atom is 0.142 e. The highest BCUT2D eigenvalue weighted by atomic mass is 16.5. The van der Waals surface area contributed by atoms with Gasteiger partial charge in [0.1, 0.15) is 5.75 Å². The lowest BCUT2D eigenvalue weighted by Gasteiger charge is -2.25. The van der Waals surface area contributed by atoms with Crippen LogP contribution in [0, 0.1) is 0 Å². The Kier molecular flexibility index (Phi) is 7.21. The summed E-state index contributed by atoms with van der Waals surface area (Å²) in [6.07, 6.45) is 9.16. The molecule has 1 aliphatic rings. The van der Waals surface area contributed by atoms with E-state index in [-0.39, 0.29) is 0 Å². The average Bonchev–Trinajstić information content (AvgIpc) is 3.07. The quantitative estimate of drug-likeness (QED) is 0.652. The smallest absolute Gasteiger partial charge is 0.142 e. The predicted octanol–water partition coefficient (Wildman–Crippen LogP) is 4.30. The molecule has 0 saturated heterocycles. The zero-order chi connectivity index (χ0) is 16.5. The highest BCUT2D eigenvalue weighted by molar-refractivity contribution is 5.60. The van der Waals surface area contributed by atoms with Crippen molar-refractivity contribution in [2.24, 2.45) is 0 Å². The second kappa shape index (κ2) is 9.41. The van der Waals surface area contributed by atoms with Gasteiger partial charge in [-0.2, -0.15) is 0 Å². The Morgan fingerprint density at radius 1 is 1.22 bits per heavy atom. The number of rotatable bonds is 10. The van der Waals surface area contributed by atoms with Gasteiger partial charge in [-0.3, -0.25) is 0 Å². The van der Waals surface area contributed by atoms with Crippen LogP contribution in [0.3, 0.4) is 0 Å². The molecular weight excluding hydrogens is 284 g/mol. The van der Waals surface area contributed by atoms with Crippen LogP contribution in [0.1, 0.15) is 38.2 Å². The summed E-state index contributed by atoms with van der Waals surface area (Å²) in [5.41, 5.74) is 2.39. The summed E-state index contributed by atoms with van der Waals surface area (Å²) < 4.78 is 5.89. The molecule has 0 aromatic heterocycles. The first kappa shape index (κ1) is 17.6. The van der Waals surface area contributed by atoms with Crippen molar-refractivity contribution in [3.63, 3.8) is 0 Å². The van der Waals surface area contributed by atoms with Crippen LogP contribution in [-0.4, -0.2) is 25.7 Å². The van der Waals surface area contributed by atoms with Crippen molar-refractivity contribution >= 4 is 5.69 Å². The van der Waals surface area contributed by atoms with Gasteiger partial charge < -0.3 is 15.0 Å². The van der Waals surface area contributed by atoms with Gasteiger partial charge in [-0.25, -0.2) is 0 Å². The molecule has 23 heavy (non-hydrogen) atoms. The van der Waals surface area contributed by atoms with Crippen molar-refractivity contribution in [2.45, 2.75) is 45.2 Å². The number of ether oxygens (including phenoxy) is 1. The SMILES string of the molecule is C=CCN(CC=C)c1ccc(CNC2CCCC2)cc1OCC. The number of nitrogens with zero attached hydrogens (tertiary/aromatic N) is 1. The summed E-state index contributed by atoms with van der Waals surface area (Å²) in [6, 6.07) is 7.20. The van der Waals surface area contributed by atoms with Crippen LogP contribution in [0.4, 0.5) is 5.69 Å². The van der Waals surface area contributed by atoms with Gasteiger partial charge in [-0.15, -0.1) is 13.2 Å². The van der Waals surface area contributed by atoms with Crippen molar-refractivity contribution in [3.8, 4) is 5.75 Å². The molecule has 0 spiro atoms. The fourth-order valence-electron chi connectivity index (χ4n) is 3.18. The molecule has 1 aromatic rings. The van der Waals surface area contributed by atoms with E-state index in [0.29, 0.717) is 12.6 Å². The monoisotopic (exact) mass is 314 g/mol. The Bertz CT molecular complexity index is 496. The van der Waals surface area contributed by atoms with Crippen LogP contribution in [0.15, 0.2) is 43.5 Å². The summed E-state index contributed by atoms with van der Waals surface area (Å²) >= 11 is 0. The Morgan fingerprint density at radius 3 is 2.52 bits per heavy atom. The zero-order valence-electron chi connectivity index (χ0n) is 14.4. The van der Waals surface area contributed by atoms with Crippen molar-refractivity contribution in [3.05, 3.63) is 49.1 Å². The van der Waals surface area contributed by atoms with Crippen LogP contribution < -0.4 is 15.0 Å². The third-order valence-electron chi connectivity index (χ3n) is 4.31. The molecule has 0 bridgehead atoms. The molecule has 0 aliphatic heterocycles. The van der Waals surface area contributed by atoms with E-state index >= 15 is 0 Å². The second-order valence-electron chi connectivity index (χ2n) is 6.08. The third-order valence-corrected chi connectivity index (χ3v) is 4.31. The Morgan fingerprint density at radius 2 is 1.91 bits per heavy atom. The number of hydrogen-bond donors (Lipinski definition) is 1. The molecule has 3 nitrogen and oxygen atoms in total. The predicted molar refractivity (Wildman–Crippen MR) is 99.3 cm³/mol. The lowest BCUT2D eigenvalue weighted by Crippen LogP contribution is -2.26. The van der Waals surface area contributed by atoms with Crippen LogP contribution in [0.5, 0.6) is 5.75 Å². The number of anilines is 1. The van der Waals surface area contributed by atoms with E-state index in [2.05, 4.69) is 41.6 Å². The summed E-state index contributed by atoms with van der Waals surface area (Å²) in [5.74, 6) is 0.946. The van der Waals surface area contributed by atoms with Gasteiger partial charge >= 0.3 is 0 Å². The molecule has 126 valence electrons. The standard InChI is InChI=1S/C20H30N2O/c1-4-13-22(14-5-2)19-12-11-17(15-20(19)23-6-3)16-21-18-9-7-8-10-18/h4-5,11-12,15,18,21H,1-2,6-10,13-14,16H2,3H3. The van der Waals surface area contributed by atoms with Gasteiger partial charge in [-0.1, -0.05) is 31.1 Å². The lowest BCUT2D eigenvalue weighted by molar-refractivity contribution is 0.340. The Labute approximate surface area is 141 Å². The van der Waals surface area contributed by atoms with Gasteiger partial charge in [0.15, 0.2) is 0 Å². The highest BCUT2D eigenvalue weighted by Gasteiger charge is 2.15. The van der Waals surface area contributed by atoms with Crippen LogP contribution >= 0.6 is 0 Å². The van der Waals surface area contributed by atoms with E-state index in [9.17, 15) is 0 Å². The first-order valence-electron chi connectivity index (χ1n) is 8.74. The minimum absolute atomic E-state index is 0.669. The fourth-order valence-corrected chi connectivity index (χ4v) is 3.18. The summed E-state index contributed by atoms with van der Waals surface area (Å²) in [5, 5.41) is 3.66. The van der Waals surface area contributed by atoms with Crippen LogP contribution in [0.2, 0.25) is 0 Å². The number of nitrogens with one attached hydrogen (secondary N) is 1. The van der Waals surface area contributed by atoms with Crippen LogP contribution in [-0.2, 0) is 6.54 Å². The topological polar surface area (TPSA) is 24.5 Å². The summed E-state index contributed by atoms with van der Waals surface area (Å²) in [6.45, 7) is 12.9. The normalized spacial score (nSPS) is 14.7. The number of hydrogen-bond acceptors (Lipinski definition) is 3. The molecule has 0 radical (unpaired) electrons. The molecule has 1 saturated carbocycles. The molecular formula is C20H30N2O. The van der Waals surface area contributed by atoms with Gasteiger partial charge in [0.25, 0.3) is 0 Å². The summed E-state index contributed by atoms with van der Waals surface area (Å²) in [4.78, 5) is 2.22. The molecule has 2 rings (SSSR count). The zero-order valence-corrected chi connectivity index (χ0v) is 14.4. The van der Waals surface area contributed by atoms with Crippen molar-refractivity contribution in [1.82, 2.24) is 5.32 Å². The maximum absolute atomic E-state index is 5.89. The molecule has 0 unspecified atom stereocenters. The average molecular weight is 314 g/mol. The molecule has 0 heterocycles. The highest BCUT2D eigenvalue weighted by Crippen LogP contribution is 2.30. The van der Waals surface area contributed by atoms with E-state index in [1.54, 1.807) is 0 Å². The molecule has 1 fully saturated rings. The molecule has 0 atom stereocenters. The second-order valence-corrected chi connectivity index (χ2v) is 6.08. The van der Waals surface area contributed by atoms with E-state index in [0.717, 1.165) is 31.1 Å². The molecule has 1 aliphatic carbocycles. The fraction of sp³-hybridized carbons (Fsp3) is 0.500. The molecule has 0 amide bonds. The largest absolute Gasteiger partial charge is 0.492 e. The number of benzene rings is 1. The maximum atomic E-state index is 5.89. The van der Waals surface area contributed by atoms with E-state index in [1.807, 2.05) is 19.1 Å². The first-order valence-corrected chi connectivity index (χ1v) is 8.74. The van der Waals surface area contributed by atoms with Crippen molar-refractivity contribution in [2.75, 3.05) is 24.6 Å². The van der Waals surface area contributed by atoms with E-state index < -0.39 is 0 Å². The van der Waals surface area contributed by atoms with Gasteiger partial charge in [-0.05, 0) is 37.5 Å². The van der Waals surface area contributed by atoms with Crippen molar-refractivity contribution < 1.29 is 4.74 Å². The summed E-state index contributed by atoms with van der Waals surface area (Å²) in [7, 11) is 0. The van der Waals surface area contributed by atoms with Gasteiger partial charge in [0, 0.05) is 25.7 Å². The van der Waals surface area contributed by atoms with E-state index in [4.69, 9.17) is 4.74 Å².